The van der Waals surface area contributed by atoms with E-state index < -0.39 is 0 Å². The maximum absolute atomic E-state index is 6.42. The Labute approximate surface area is 127 Å². The van der Waals surface area contributed by atoms with Gasteiger partial charge in [0.1, 0.15) is 0 Å². The highest BCUT2D eigenvalue weighted by atomic mass is 35.5. The minimum Gasteiger partial charge on any atom is -0.326 e. The van der Waals surface area contributed by atoms with E-state index in [-0.39, 0.29) is 12.1 Å². The monoisotopic (exact) mass is 295 g/mol. The average molecular weight is 296 g/mol. The molecule has 3 atom stereocenters. The first-order valence-corrected chi connectivity index (χ1v) is 7.86. The number of halogens is 1. The minimum absolute atomic E-state index is 0.116. The van der Waals surface area contributed by atoms with Crippen LogP contribution in [0.3, 0.4) is 0 Å². The Bertz CT molecular complexity index is 437. The maximum Gasteiger partial charge on any atom is 0.0514 e. The third-order valence-corrected chi connectivity index (χ3v) is 4.83. The molecule has 1 aromatic rings. The average Bonchev–Trinajstić information content (AvgIpc) is 2.44. The number of nitrogens with zero attached hydrogens (tertiary/aromatic N) is 2. The lowest BCUT2D eigenvalue weighted by Gasteiger charge is -2.44. The molecule has 0 radical (unpaired) electrons. The highest BCUT2D eigenvalue weighted by molar-refractivity contribution is 6.31. The van der Waals surface area contributed by atoms with Crippen molar-refractivity contribution in [1.82, 2.24) is 9.80 Å². The van der Waals surface area contributed by atoms with E-state index >= 15 is 0 Å². The fourth-order valence-corrected chi connectivity index (χ4v) is 3.21. The van der Waals surface area contributed by atoms with Crippen LogP contribution in [0.25, 0.3) is 0 Å². The van der Waals surface area contributed by atoms with Crippen molar-refractivity contribution in [3.8, 4) is 0 Å². The van der Waals surface area contributed by atoms with Gasteiger partial charge in [-0.15, -0.1) is 0 Å². The molecule has 1 aliphatic rings. The second kappa shape index (κ2) is 6.90. The number of hydrogen-bond acceptors (Lipinski definition) is 3. The number of rotatable bonds is 4. The first-order valence-electron chi connectivity index (χ1n) is 7.48. The molecule has 112 valence electrons. The van der Waals surface area contributed by atoms with Crippen molar-refractivity contribution in [2.24, 2.45) is 5.73 Å². The lowest BCUT2D eigenvalue weighted by molar-refractivity contribution is 0.0612. The number of benzene rings is 1. The number of nitrogens with two attached hydrogens (primary N) is 1. The molecule has 0 spiro atoms. The molecular formula is C16H26ClN3. The lowest BCUT2D eigenvalue weighted by atomic mass is 9.95. The molecule has 1 aliphatic heterocycles. The highest BCUT2D eigenvalue weighted by Gasteiger charge is 2.31. The molecule has 0 saturated carbocycles. The van der Waals surface area contributed by atoms with Gasteiger partial charge in [0.15, 0.2) is 0 Å². The number of piperazine rings is 1. The molecule has 0 amide bonds. The van der Waals surface area contributed by atoms with Crippen LogP contribution in [0.2, 0.25) is 5.02 Å². The predicted octanol–water partition coefficient (Wildman–Crippen LogP) is 2.75. The molecule has 3 nitrogen and oxygen atoms in total. The first kappa shape index (κ1) is 15.8. The molecule has 1 saturated heterocycles. The zero-order valence-electron chi connectivity index (χ0n) is 12.7. The summed E-state index contributed by atoms with van der Waals surface area (Å²) < 4.78 is 0. The van der Waals surface area contributed by atoms with Crippen molar-refractivity contribution < 1.29 is 0 Å². The molecule has 3 unspecified atom stereocenters. The molecule has 2 rings (SSSR count). The summed E-state index contributed by atoms with van der Waals surface area (Å²) in [7, 11) is 2.19. The summed E-state index contributed by atoms with van der Waals surface area (Å²) in [4.78, 5) is 4.90. The quantitative estimate of drug-likeness (QED) is 0.927. The summed E-state index contributed by atoms with van der Waals surface area (Å²) in [5, 5.41) is 0.827. The van der Waals surface area contributed by atoms with Crippen LogP contribution in [0.15, 0.2) is 24.3 Å². The van der Waals surface area contributed by atoms with Crippen molar-refractivity contribution in [2.75, 3.05) is 26.7 Å². The summed E-state index contributed by atoms with van der Waals surface area (Å²) in [5.74, 6) is 0. The van der Waals surface area contributed by atoms with Gasteiger partial charge in [0.25, 0.3) is 0 Å². The third kappa shape index (κ3) is 3.34. The smallest absolute Gasteiger partial charge is 0.0514 e. The van der Waals surface area contributed by atoms with Gasteiger partial charge >= 0.3 is 0 Å². The lowest BCUT2D eigenvalue weighted by Crippen LogP contribution is -2.54. The van der Waals surface area contributed by atoms with Crippen molar-refractivity contribution in [3.05, 3.63) is 34.9 Å². The van der Waals surface area contributed by atoms with Gasteiger partial charge in [-0.25, -0.2) is 0 Å². The van der Waals surface area contributed by atoms with E-state index in [0.717, 1.165) is 31.1 Å². The molecule has 1 aromatic carbocycles. The maximum atomic E-state index is 6.42. The van der Waals surface area contributed by atoms with Gasteiger partial charge in [0.2, 0.25) is 0 Å². The van der Waals surface area contributed by atoms with Crippen LogP contribution in [0.4, 0.5) is 0 Å². The summed E-state index contributed by atoms with van der Waals surface area (Å²) in [6.07, 6.45) is 0.955. The fraction of sp³-hybridized carbons (Fsp3) is 0.625. The summed E-state index contributed by atoms with van der Waals surface area (Å²) >= 11 is 6.41. The molecule has 1 fully saturated rings. The van der Waals surface area contributed by atoms with Crippen molar-refractivity contribution in [2.45, 2.75) is 38.4 Å². The Morgan fingerprint density at radius 1 is 1.35 bits per heavy atom. The fourth-order valence-electron chi connectivity index (χ4n) is 2.97. The van der Waals surface area contributed by atoms with Gasteiger partial charge in [0.05, 0.1) is 6.04 Å². The van der Waals surface area contributed by atoms with Gasteiger partial charge in [0, 0.05) is 36.7 Å². The van der Waals surface area contributed by atoms with Crippen LogP contribution in [0, 0.1) is 0 Å². The van der Waals surface area contributed by atoms with Crippen LogP contribution in [0.1, 0.15) is 31.9 Å². The second-order valence-corrected chi connectivity index (χ2v) is 6.27. The van der Waals surface area contributed by atoms with Gasteiger partial charge in [-0.1, -0.05) is 36.7 Å². The molecule has 0 aliphatic carbocycles. The van der Waals surface area contributed by atoms with E-state index in [0.29, 0.717) is 6.04 Å². The number of likely N-dealkylation sites (N-methyl/N-ethyl adjacent to an activating group) is 1. The van der Waals surface area contributed by atoms with Crippen LogP contribution in [0.5, 0.6) is 0 Å². The third-order valence-electron chi connectivity index (χ3n) is 4.49. The SMILES string of the molecule is CCC(N)C(c1ccccc1Cl)N1CCN(C)C(C)C1. The molecule has 1 heterocycles. The largest absolute Gasteiger partial charge is 0.326 e. The standard InChI is InChI=1S/C16H26ClN3/c1-4-15(18)16(13-7-5-6-8-14(13)17)20-10-9-19(3)12(2)11-20/h5-8,12,15-16H,4,9-11,18H2,1-3H3. The van der Waals surface area contributed by atoms with Crippen LogP contribution >= 0.6 is 11.6 Å². The van der Waals surface area contributed by atoms with Gasteiger partial charge in [-0.2, -0.15) is 0 Å². The van der Waals surface area contributed by atoms with Gasteiger partial charge in [-0.3, -0.25) is 4.90 Å². The van der Waals surface area contributed by atoms with Crippen LogP contribution < -0.4 is 5.73 Å². The Balaban J connectivity index is 2.27. The van der Waals surface area contributed by atoms with Crippen molar-refractivity contribution >= 4 is 11.6 Å². The minimum atomic E-state index is 0.116. The Morgan fingerprint density at radius 3 is 2.65 bits per heavy atom. The van der Waals surface area contributed by atoms with E-state index in [1.807, 2.05) is 12.1 Å². The van der Waals surface area contributed by atoms with Crippen LogP contribution in [-0.2, 0) is 0 Å². The molecule has 0 aromatic heterocycles. The van der Waals surface area contributed by atoms with Crippen molar-refractivity contribution in [1.29, 1.82) is 0 Å². The van der Waals surface area contributed by atoms with E-state index in [4.69, 9.17) is 17.3 Å². The first-order chi connectivity index (χ1) is 9.54. The molecule has 4 heteroatoms. The van der Waals surface area contributed by atoms with E-state index in [9.17, 15) is 0 Å². The van der Waals surface area contributed by atoms with Crippen molar-refractivity contribution in [3.63, 3.8) is 0 Å². The summed E-state index contributed by atoms with van der Waals surface area (Å²) in [6, 6.07) is 8.99. The summed E-state index contributed by atoms with van der Waals surface area (Å²) in [6.45, 7) is 7.59. The van der Waals surface area contributed by atoms with Crippen LogP contribution in [-0.4, -0.2) is 48.6 Å². The topological polar surface area (TPSA) is 32.5 Å². The molecule has 2 N–H and O–H groups in total. The normalized spacial score (nSPS) is 24.6. The number of hydrogen-bond donors (Lipinski definition) is 1. The predicted molar refractivity (Wildman–Crippen MR) is 86.1 cm³/mol. The highest BCUT2D eigenvalue weighted by Crippen LogP contribution is 2.31. The summed E-state index contributed by atoms with van der Waals surface area (Å²) in [5.41, 5.74) is 7.58. The van der Waals surface area contributed by atoms with Gasteiger partial charge < -0.3 is 10.6 Å². The Hall–Kier alpha value is -0.610. The van der Waals surface area contributed by atoms with E-state index in [1.165, 1.54) is 5.56 Å². The Morgan fingerprint density at radius 2 is 2.05 bits per heavy atom. The zero-order valence-corrected chi connectivity index (χ0v) is 13.5. The second-order valence-electron chi connectivity index (χ2n) is 5.86. The molecule has 0 bridgehead atoms. The molecule has 20 heavy (non-hydrogen) atoms. The Kier molecular flexibility index (Phi) is 5.44. The zero-order chi connectivity index (χ0) is 14.7. The van der Waals surface area contributed by atoms with E-state index in [1.54, 1.807) is 0 Å². The van der Waals surface area contributed by atoms with E-state index in [2.05, 4.69) is 42.8 Å². The van der Waals surface area contributed by atoms with Gasteiger partial charge in [-0.05, 0) is 32.0 Å². The molecular weight excluding hydrogens is 270 g/mol.